The van der Waals surface area contributed by atoms with Crippen LogP contribution < -0.4 is 4.90 Å². The third kappa shape index (κ3) is 2.49. The molecular formula is C20H19FN5+. The van der Waals surface area contributed by atoms with Crippen LogP contribution in [0, 0.1) is 62.5 Å². The Labute approximate surface area is 152 Å². The fourth-order valence-electron chi connectivity index (χ4n) is 4.28. The van der Waals surface area contributed by atoms with E-state index in [-0.39, 0.29) is 23.4 Å². The largest absolute Gasteiger partial charge is 0.331 e. The summed E-state index contributed by atoms with van der Waals surface area (Å²) in [6, 6.07) is 12.2. The van der Waals surface area contributed by atoms with Crippen LogP contribution in [0.3, 0.4) is 0 Å². The summed E-state index contributed by atoms with van der Waals surface area (Å²) in [5, 5.41) is 37.8. The highest BCUT2D eigenvalue weighted by atomic mass is 19.1. The molecule has 130 valence electrons. The number of halogens is 1. The van der Waals surface area contributed by atoms with Gasteiger partial charge in [-0.15, -0.1) is 0 Å². The maximum atomic E-state index is 13.4. The molecule has 0 spiro atoms. The van der Waals surface area contributed by atoms with Gasteiger partial charge < -0.3 is 10.3 Å². The van der Waals surface area contributed by atoms with Crippen molar-refractivity contribution in [3.8, 4) is 18.2 Å². The summed E-state index contributed by atoms with van der Waals surface area (Å²) < 4.78 is 13.4. The smallest absolute Gasteiger partial charge is 0.203 e. The summed E-state index contributed by atoms with van der Waals surface area (Å²) in [6.07, 6.45) is 1.90. The van der Waals surface area contributed by atoms with E-state index in [2.05, 4.69) is 13.0 Å². The van der Waals surface area contributed by atoms with Gasteiger partial charge in [0.15, 0.2) is 0 Å². The van der Waals surface area contributed by atoms with Crippen molar-refractivity contribution in [1.82, 2.24) is 0 Å². The fourth-order valence-corrected chi connectivity index (χ4v) is 4.28. The molecule has 0 bridgehead atoms. The highest BCUT2D eigenvalue weighted by Crippen LogP contribution is 2.51. The van der Waals surface area contributed by atoms with Crippen molar-refractivity contribution >= 4 is 5.71 Å². The lowest BCUT2D eigenvalue weighted by molar-refractivity contribution is -0.897. The van der Waals surface area contributed by atoms with E-state index in [1.165, 1.54) is 17.0 Å². The highest BCUT2D eigenvalue weighted by molar-refractivity contribution is 6.01. The number of nitriles is 3. The Kier molecular flexibility index (Phi) is 4.60. The van der Waals surface area contributed by atoms with Crippen LogP contribution in [0.15, 0.2) is 35.9 Å². The lowest BCUT2D eigenvalue weighted by atomic mass is 9.55. The number of quaternary nitrogens is 1. The van der Waals surface area contributed by atoms with Crippen LogP contribution in [0.25, 0.3) is 0 Å². The van der Waals surface area contributed by atoms with Crippen molar-refractivity contribution in [3.63, 3.8) is 0 Å². The molecule has 0 radical (unpaired) electrons. The van der Waals surface area contributed by atoms with Gasteiger partial charge in [0.25, 0.3) is 0 Å². The van der Waals surface area contributed by atoms with Gasteiger partial charge in [0.2, 0.25) is 5.41 Å². The Morgan fingerprint density at radius 2 is 1.88 bits per heavy atom. The van der Waals surface area contributed by atoms with Gasteiger partial charge in [-0.2, -0.15) is 15.8 Å². The number of hydrogen-bond donors (Lipinski definition) is 2. The molecule has 1 saturated carbocycles. The summed E-state index contributed by atoms with van der Waals surface area (Å²) in [7, 11) is 0. The van der Waals surface area contributed by atoms with Gasteiger partial charge in [0.05, 0.1) is 49.5 Å². The minimum atomic E-state index is -1.68. The normalized spacial score (nSPS) is 29.5. The van der Waals surface area contributed by atoms with Gasteiger partial charge in [0, 0.05) is 11.8 Å². The molecule has 2 aliphatic rings. The maximum Gasteiger partial charge on any atom is 0.203 e. The van der Waals surface area contributed by atoms with E-state index in [0.717, 1.165) is 12.1 Å². The molecule has 3 rings (SSSR count). The van der Waals surface area contributed by atoms with Crippen LogP contribution in [-0.4, -0.2) is 25.3 Å². The summed E-state index contributed by atoms with van der Waals surface area (Å²) in [6.45, 7) is 4.32. The van der Waals surface area contributed by atoms with Gasteiger partial charge in [-0.05, 0) is 36.3 Å². The van der Waals surface area contributed by atoms with E-state index in [4.69, 9.17) is 5.41 Å². The first-order chi connectivity index (χ1) is 12.5. The molecule has 0 amide bonds. The zero-order valence-electron chi connectivity index (χ0n) is 14.5. The average Bonchev–Trinajstić information content (AvgIpc) is 2.68. The zero-order valence-corrected chi connectivity index (χ0v) is 14.5. The van der Waals surface area contributed by atoms with Crippen LogP contribution in [0.4, 0.5) is 4.39 Å². The molecule has 1 unspecified atom stereocenters. The van der Waals surface area contributed by atoms with Crippen molar-refractivity contribution in [2.24, 2.45) is 17.3 Å². The molecule has 0 saturated heterocycles. The number of benzene rings is 1. The minimum Gasteiger partial charge on any atom is -0.331 e. The van der Waals surface area contributed by atoms with E-state index < -0.39 is 11.3 Å². The Morgan fingerprint density at radius 3 is 2.42 bits per heavy atom. The molecular weight excluding hydrogens is 329 g/mol. The van der Waals surface area contributed by atoms with Gasteiger partial charge in [-0.25, -0.2) is 4.39 Å². The molecule has 1 aromatic rings. The first-order valence-corrected chi connectivity index (χ1v) is 8.63. The molecule has 4 atom stereocenters. The summed E-state index contributed by atoms with van der Waals surface area (Å²) in [5.74, 6) is -1.83. The third-order valence-electron chi connectivity index (χ3n) is 5.69. The second-order valence-corrected chi connectivity index (χ2v) is 6.85. The number of fused-ring (bicyclic) bond motifs is 1. The van der Waals surface area contributed by atoms with Crippen molar-refractivity contribution in [1.29, 1.82) is 21.2 Å². The zero-order chi connectivity index (χ0) is 18.9. The second-order valence-electron chi connectivity index (χ2n) is 6.85. The highest BCUT2D eigenvalue weighted by Gasteiger charge is 2.57. The van der Waals surface area contributed by atoms with Crippen LogP contribution in [0.2, 0.25) is 0 Å². The third-order valence-corrected chi connectivity index (χ3v) is 5.69. The molecule has 1 aliphatic heterocycles. The maximum absolute atomic E-state index is 13.4. The fraction of sp³-hybridized carbons (Fsp3) is 0.400. The van der Waals surface area contributed by atoms with Crippen molar-refractivity contribution in [3.05, 3.63) is 47.3 Å². The van der Waals surface area contributed by atoms with E-state index in [9.17, 15) is 20.2 Å². The molecule has 5 nitrogen and oxygen atoms in total. The van der Waals surface area contributed by atoms with Crippen LogP contribution >= 0.6 is 0 Å². The SMILES string of the molecule is CC[NH+]1CC=C2[C@H](C1)[C@H](c1ccc(F)cc1)[C@H](C#N)C(=N)C2(C#N)C#N. The van der Waals surface area contributed by atoms with E-state index in [1.54, 1.807) is 12.1 Å². The number of hydrogen-bond acceptors (Lipinski definition) is 4. The first-order valence-electron chi connectivity index (χ1n) is 8.63. The van der Waals surface area contributed by atoms with Gasteiger partial charge in [0.1, 0.15) is 5.82 Å². The van der Waals surface area contributed by atoms with Crippen molar-refractivity contribution in [2.45, 2.75) is 12.8 Å². The Balaban J connectivity index is 2.21. The molecule has 1 aromatic carbocycles. The molecule has 26 heavy (non-hydrogen) atoms. The molecule has 1 heterocycles. The molecule has 2 N–H and O–H groups in total. The molecule has 1 fully saturated rings. The van der Waals surface area contributed by atoms with Gasteiger partial charge in [-0.3, -0.25) is 0 Å². The van der Waals surface area contributed by atoms with E-state index in [0.29, 0.717) is 18.7 Å². The molecule has 0 aromatic heterocycles. The summed E-state index contributed by atoms with van der Waals surface area (Å²) in [4.78, 5) is 1.29. The number of likely N-dealkylation sites (N-methyl/N-ethyl adjacent to an activating group) is 1. The summed E-state index contributed by atoms with van der Waals surface area (Å²) in [5.41, 5.74) is -0.450. The predicted octanol–water partition coefficient (Wildman–Crippen LogP) is 1.58. The lowest BCUT2D eigenvalue weighted by Gasteiger charge is -2.45. The quantitative estimate of drug-likeness (QED) is 0.794. The predicted molar refractivity (Wildman–Crippen MR) is 92.4 cm³/mol. The van der Waals surface area contributed by atoms with Crippen LogP contribution in [0.5, 0.6) is 0 Å². The summed E-state index contributed by atoms with van der Waals surface area (Å²) >= 11 is 0. The van der Waals surface area contributed by atoms with Crippen LogP contribution in [-0.2, 0) is 0 Å². The second kappa shape index (κ2) is 6.71. The topological polar surface area (TPSA) is 99.7 Å². The standard InChI is InChI=1S/C20H18FN5/c1-2-26-8-7-17-16(10-26)18(13-3-5-14(21)6-4-13)15(9-22)19(25)20(17,11-23)12-24/h3-7,15-16,18,25H,2,8,10H2,1H3/p+1/t15-,16-,18+/m0/s1. The molecule has 1 aliphatic carbocycles. The monoisotopic (exact) mass is 348 g/mol. The first kappa shape index (κ1) is 17.8. The number of rotatable bonds is 2. The average molecular weight is 348 g/mol. The van der Waals surface area contributed by atoms with Gasteiger partial charge in [-0.1, -0.05) is 12.1 Å². The lowest BCUT2D eigenvalue weighted by Crippen LogP contribution is -3.13. The van der Waals surface area contributed by atoms with Crippen molar-refractivity contribution < 1.29 is 9.29 Å². The van der Waals surface area contributed by atoms with E-state index >= 15 is 0 Å². The van der Waals surface area contributed by atoms with Gasteiger partial charge >= 0.3 is 0 Å². The Hall–Kier alpha value is -3.01. The van der Waals surface area contributed by atoms with Crippen molar-refractivity contribution in [2.75, 3.05) is 19.6 Å². The Morgan fingerprint density at radius 1 is 1.23 bits per heavy atom. The Bertz CT molecular complexity index is 867. The molecule has 6 heteroatoms. The minimum absolute atomic E-state index is 0.165. The number of nitrogens with zero attached hydrogens (tertiary/aromatic N) is 3. The number of nitrogens with one attached hydrogen (secondary N) is 2. The van der Waals surface area contributed by atoms with E-state index in [1.807, 2.05) is 18.2 Å². The van der Waals surface area contributed by atoms with Crippen LogP contribution in [0.1, 0.15) is 18.4 Å².